The molecule has 0 unspecified atom stereocenters. The van der Waals surface area contributed by atoms with Crippen molar-refractivity contribution >= 4 is 14.7 Å². The molecule has 0 atom stereocenters. The first kappa shape index (κ1) is 41.4. The fourth-order valence-corrected chi connectivity index (χ4v) is 20.7. The normalized spacial score (nSPS) is 30.3. The zero-order chi connectivity index (χ0) is 38.9. The number of rotatable bonds is 0. The molecule has 3 fully saturated rings. The Morgan fingerprint density at radius 2 is 0.417 bits per heavy atom. The molecule has 48 heavy (non-hydrogen) atoms. The van der Waals surface area contributed by atoms with Crippen LogP contribution >= 0.6 is 14.7 Å². The van der Waals surface area contributed by atoms with Gasteiger partial charge in [0.25, 0.3) is 0 Å². The monoisotopic (exact) mass is 814 g/mol. The van der Waals surface area contributed by atoms with Crippen LogP contribution in [0, 0.1) is 0 Å². The molecule has 6 nitrogen and oxygen atoms in total. The summed E-state index contributed by atoms with van der Waals surface area (Å²) in [4.78, 5) is 0. The molecule has 0 aromatic rings. The van der Waals surface area contributed by atoms with Gasteiger partial charge in [0, 0.05) is 0 Å². The van der Waals surface area contributed by atoms with E-state index in [-0.39, 0.29) is 0 Å². The van der Waals surface area contributed by atoms with Gasteiger partial charge < -0.3 is 0 Å². The van der Waals surface area contributed by atoms with Crippen molar-refractivity contribution in [3.05, 3.63) is 0 Å². The van der Waals surface area contributed by atoms with Crippen molar-refractivity contribution < 1.29 is 123 Å². The maximum atomic E-state index is 14.1. The van der Waals surface area contributed by atoms with E-state index in [0.29, 0.717) is 0 Å². The molecule has 3 aliphatic rings. The molecular weight excluding hydrogens is 802 g/mol. The Morgan fingerprint density at radius 1 is 0.312 bits per heavy atom. The molecule has 0 radical (unpaired) electrons. The second-order valence-corrected chi connectivity index (χ2v) is 19.3. The van der Waals surface area contributed by atoms with Gasteiger partial charge in [-0.2, -0.15) is 0 Å². The van der Waals surface area contributed by atoms with Crippen molar-refractivity contribution in [2.75, 3.05) is 27.4 Å². The molecule has 0 N–H and O–H groups in total. The van der Waals surface area contributed by atoms with Crippen LogP contribution in [0.5, 0.6) is 0 Å². The Balaban J connectivity index is 2.65. The van der Waals surface area contributed by atoms with E-state index in [0.717, 1.165) is 0 Å². The van der Waals surface area contributed by atoms with Crippen LogP contribution in [-0.4, -0.2) is 108 Å². The summed E-state index contributed by atoms with van der Waals surface area (Å²) in [6, 6.07) is 0. The molecule has 3 aliphatic heterocycles. The SMILES string of the molecule is CN1P2(C)(OC(C(F)(F)F)(C(F)(F)F)C(C(F)(F)F)(C(F)(F)F)O2)N(C)P12(C)OC(C(F)(F)F)(C(F)(F)F)C(C(F)(F)F)(C(F)(F)F)O2. The van der Waals surface area contributed by atoms with E-state index in [2.05, 4.69) is 18.1 Å². The first-order valence-electron chi connectivity index (χ1n) is 11.2. The molecule has 0 aliphatic carbocycles. The van der Waals surface area contributed by atoms with Gasteiger partial charge >= 0.3 is 246 Å². The van der Waals surface area contributed by atoms with Crippen molar-refractivity contribution in [2.24, 2.45) is 0 Å². The van der Waals surface area contributed by atoms with Crippen LogP contribution in [0.2, 0.25) is 0 Å². The van der Waals surface area contributed by atoms with E-state index in [9.17, 15) is 105 Å². The standard InChI is InChI=1S/C16H12F24N2O4P2/c1-41-47(3,43-5(9(17,18)19,10(20,21)22)6(44-47,11(23,24)25)12(26,27)28)42(2)48(41,4)45-7(13(29,30)31,14(32,33)34)8(46-48,15(35,36)37)16(38,39)40/h1-4H3. The summed E-state index contributed by atoms with van der Waals surface area (Å²) >= 11 is 0. The van der Waals surface area contributed by atoms with Crippen molar-refractivity contribution in [2.45, 2.75) is 71.8 Å². The van der Waals surface area contributed by atoms with Crippen LogP contribution in [0.15, 0.2) is 0 Å². The molecule has 0 amide bonds. The van der Waals surface area contributed by atoms with Gasteiger partial charge in [0.2, 0.25) is 0 Å². The number of hydrogen-bond donors (Lipinski definition) is 0. The fraction of sp³-hybridized carbons (Fsp3) is 1.00. The van der Waals surface area contributed by atoms with Crippen molar-refractivity contribution in [1.82, 2.24) is 8.88 Å². The zero-order valence-electron chi connectivity index (χ0n) is 22.5. The van der Waals surface area contributed by atoms with Crippen LogP contribution in [0.1, 0.15) is 0 Å². The summed E-state index contributed by atoms with van der Waals surface area (Å²) < 4.78 is 350. The average molecular weight is 814 g/mol. The van der Waals surface area contributed by atoms with Gasteiger partial charge in [0.15, 0.2) is 0 Å². The Bertz CT molecular complexity index is 1100. The van der Waals surface area contributed by atoms with Crippen LogP contribution in [0.3, 0.4) is 0 Å². The number of nitrogens with zero attached hydrogens (tertiary/aromatic N) is 2. The molecule has 3 heterocycles. The topological polar surface area (TPSA) is 43.4 Å². The third-order valence-electron chi connectivity index (χ3n) is 8.19. The first-order chi connectivity index (χ1) is 20.3. The fourth-order valence-electron chi connectivity index (χ4n) is 5.94. The summed E-state index contributed by atoms with van der Waals surface area (Å²) in [6.45, 7) is -1.68. The van der Waals surface area contributed by atoms with Crippen molar-refractivity contribution in [3.63, 3.8) is 0 Å². The molecule has 0 bridgehead atoms. The third kappa shape index (κ3) is 3.91. The Hall–Kier alpha value is -1.06. The third-order valence-corrected chi connectivity index (χ3v) is 21.1. The summed E-state index contributed by atoms with van der Waals surface area (Å²) in [7, 11) is -18.0. The molecule has 0 aromatic heterocycles. The minimum atomic E-state index is -8.28. The van der Waals surface area contributed by atoms with Gasteiger partial charge in [0.05, 0.1) is 0 Å². The second kappa shape index (κ2) is 9.11. The maximum absolute atomic E-state index is 14.1. The molecule has 3 saturated heterocycles. The van der Waals surface area contributed by atoms with E-state index < -0.39 is 123 Å². The van der Waals surface area contributed by atoms with Gasteiger partial charge in [-0.25, -0.2) is 0 Å². The van der Waals surface area contributed by atoms with E-state index in [1.807, 2.05) is 0 Å². The molecule has 32 heteroatoms. The van der Waals surface area contributed by atoms with Crippen LogP contribution in [-0.2, 0) is 18.1 Å². The quantitative estimate of drug-likeness (QED) is 0.180. The number of halogens is 24. The predicted octanol–water partition coefficient (Wildman–Crippen LogP) is 9.10. The van der Waals surface area contributed by atoms with Crippen LogP contribution in [0.25, 0.3) is 0 Å². The van der Waals surface area contributed by atoms with Gasteiger partial charge in [-0.05, 0) is 0 Å². The number of alkyl halides is 24. The van der Waals surface area contributed by atoms with Gasteiger partial charge in [-0.3, -0.25) is 0 Å². The molecule has 288 valence electrons. The molecule has 3 rings (SSSR count). The van der Waals surface area contributed by atoms with Crippen molar-refractivity contribution in [1.29, 1.82) is 0 Å². The second-order valence-electron chi connectivity index (χ2n) is 10.6. The molecule has 0 saturated carbocycles. The Morgan fingerprint density at radius 3 is 0.500 bits per heavy atom. The van der Waals surface area contributed by atoms with E-state index in [1.54, 1.807) is 0 Å². The zero-order valence-corrected chi connectivity index (χ0v) is 24.3. The van der Waals surface area contributed by atoms with Gasteiger partial charge in [-0.15, -0.1) is 0 Å². The molecule has 0 aromatic carbocycles. The Kier molecular flexibility index (Phi) is 7.85. The number of hydrogen-bond acceptors (Lipinski definition) is 6. The minimum absolute atomic E-state index is 0.726. The van der Waals surface area contributed by atoms with Crippen LogP contribution < -0.4 is 0 Å². The summed E-state index contributed by atoms with van der Waals surface area (Å²) in [5.74, 6) is 0. The molecular formula is C16H12F24N2O4P2. The summed E-state index contributed by atoms with van der Waals surface area (Å²) in [5.41, 5.74) is -31.4. The van der Waals surface area contributed by atoms with Gasteiger partial charge in [-0.1, -0.05) is 0 Å². The van der Waals surface area contributed by atoms with E-state index >= 15 is 0 Å². The first-order valence-corrected chi connectivity index (χ1v) is 16.0. The summed E-state index contributed by atoms with van der Waals surface area (Å²) in [6.07, 6.45) is -64.7. The Labute approximate surface area is 247 Å². The van der Waals surface area contributed by atoms with Gasteiger partial charge in [0.1, 0.15) is 0 Å². The van der Waals surface area contributed by atoms with E-state index in [1.165, 1.54) is 0 Å². The van der Waals surface area contributed by atoms with Crippen molar-refractivity contribution in [3.8, 4) is 0 Å². The summed E-state index contributed by atoms with van der Waals surface area (Å²) in [5, 5.41) is 0. The van der Waals surface area contributed by atoms with Crippen LogP contribution in [0.4, 0.5) is 105 Å². The average Bonchev–Trinajstić information content (AvgIpc) is 3.26. The molecule has 2 spiro atoms. The van der Waals surface area contributed by atoms with E-state index in [4.69, 9.17) is 0 Å². The predicted molar refractivity (Wildman–Crippen MR) is 105 cm³/mol.